The molecule has 2 aromatic carbocycles. The van der Waals surface area contributed by atoms with Crippen LogP contribution in [-0.4, -0.2) is 9.55 Å². The molecule has 4 rings (SSSR count). The van der Waals surface area contributed by atoms with Gasteiger partial charge in [0, 0.05) is 23.0 Å². The van der Waals surface area contributed by atoms with E-state index in [1.807, 2.05) is 10.8 Å². The van der Waals surface area contributed by atoms with Crippen LogP contribution in [0.5, 0.6) is 0 Å². The zero-order valence-corrected chi connectivity index (χ0v) is 14.0. The average Bonchev–Trinajstić information content (AvgIpc) is 3.12. The number of aromatic nitrogens is 2. The number of hydrogen-bond donors (Lipinski definition) is 0. The number of rotatable bonds is 3. The van der Waals surface area contributed by atoms with E-state index in [0.717, 1.165) is 18.4 Å². The molecule has 1 unspecified atom stereocenters. The lowest BCUT2D eigenvalue weighted by molar-refractivity contribution is 0.571. The lowest BCUT2D eigenvalue weighted by Gasteiger charge is -2.24. The van der Waals surface area contributed by atoms with E-state index in [9.17, 15) is 4.39 Å². The number of benzene rings is 2. The first-order valence-electron chi connectivity index (χ1n) is 8.27. The Morgan fingerprint density at radius 1 is 1.08 bits per heavy atom. The van der Waals surface area contributed by atoms with Crippen molar-refractivity contribution in [3.05, 3.63) is 88.2 Å². The van der Waals surface area contributed by atoms with E-state index in [-0.39, 0.29) is 11.9 Å². The monoisotopic (exact) mass is 340 g/mol. The molecule has 0 amide bonds. The number of fused-ring (bicyclic) bond motifs is 1. The van der Waals surface area contributed by atoms with Crippen LogP contribution in [0, 0.1) is 5.82 Å². The quantitative estimate of drug-likeness (QED) is 0.641. The topological polar surface area (TPSA) is 17.8 Å². The summed E-state index contributed by atoms with van der Waals surface area (Å²) >= 11 is 6.36. The van der Waals surface area contributed by atoms with Gasteiger partial charge in [0.2, 0.25) is 0 Å². The van der Waals surface area contributed by atoms with Crippen molar-refractivity contribution in [1.29, 1.82) is 0 Å². The third-order valence-electron chi connectivity index (χ3n) is 4.78. The van der Waals surface area contributed by atoms with Crippen molar-refractivity contribution < 1.29 is 4.39 Å². The fraction of sp³-hybridized carbons (Fsp3) is 0.250. The van der Waals surface area contributed by atoms with Gasteiger partial charge in [-0.15, -0.1) is 0 Å². The fourth-order valence-corrected chi connectivity index (χ4v) is 3.87. The predicted octanol–water partition coefficient (Wildman–Crippen LogP) is 5.19. The molecule has 122 valence electrons. The second kappa shape index (κ2) is 6.40. The summed E-state index contributed by atoms with van der Waals surface area (Å²) in [5.74, 6) is -0.293. The van der Waals surface area contributed by atoms with E-state index >= 15 is 0 Å². The Kier molecular flexibility index (Phi) is 4.11. The first-order valence-corrected chi connectivity index (χ1v) is 8.65. The largest absolute Gasteiger partial charge is 0.326 e. The van der Waals surface area contributed by atoms with E-state index in [1.165, 1.54) is 30.0 Å². The Balaban J connectivity index is 1.88. The molecular formula is C20H18ClFN2. The highest BCUT2D eigenvalue weighted by molar-refractivity contribution is 6.31. The van der Waals surface area contributed by atoms with Gasteiger partial charge in [-0.3, -0.25) is 0 Å². The minimum Gasteiger partial charge on any atom is -0.326 e. The van der Waals surface area contributed by atoms with E-state index in [0.29, 0.717) is 10.6 Å². The van der Waals surface area contributed by atoms with Gasteiger partial charge in [-0.2, -0.15) is 0 Å². The first kappa shape index (κ1) is 15.4. The number of imidazole rings is 1. The molecule has 4 heteroatoms. The highest BCUT2D eigenvalue weighted by Gasteiger charge is 2.23. The van der Waals surface area contributed by atoms with Crippen molar-refractivity contribution in [2.75, 3.05) is 0 Å². The molecule has 0 fully saturated rings. The highest BCUT2D eigenvalue weighted by Crippen LogP contribution is 2.35. The van der Waals surface area contributed by atoms with Gasteiger partial charge >= 0.3 is 0 Å². The fourth-order valence-electron chi connectivity index (χ4n) is 3.61. The summed E-state index contributed by atoms with van der Waals surface area (Å²) in [5, 5.41) is 0.437. The third-order valence-corrected chi connectivity index (χ3v) is 5.11. The molecule has 1 aromatic heterocycles. The highest BCUT2D eigenvalue weighted by atomic mass is 35.5. The molecule has 0 saturated carbocycles. The van der Waals surface area contributed by atoms with Crippen LogP contribution in [0.15, 0.2) is 55.1 Å². The van der Waals surface area contributed by atoms with Crippen LogP contribution < -0.4 is 0 Å². The van der Waals surface area contributed by atoms with Crippen LogP contribution in [0.3, 0.4) is 0 Å². The van der Waals surface area contributed by atoms with Crippen molar-refractivity contribution in [1.82, 2.24) is 9.55 Å². The summed E-state index contributed by atoms with van der Waals surface area (Å²) in [7, 11) is 0. The molecule has 0 aliphatic heterocycles. The minimum atomic E-state index is -0.312. The molecule has 2 nitrogen and oxygen atoms in total. The van der Waals surface area contributed by atoms with E-state index in [2.05, 4.69) is 23.2 Å². The zero-order chi connectivity index (χ0) is 16.5. The molecule has 1 heterocycles. The zero-order valence-electron chi connectivity index (χ0n) is 13.3. The maximum atomic E-state index is 14.6. The van der Waals surface area contributed by atoms with Crippen molar-refractivity contribution in [2.24, 2.45) is 0 Å². The SMILES string of the molecule is Fc1cccc(Cl)c1C(c1ccc2c(c1)CCCC2)n1ccnc1. The second-order valence-electron chi connectivity index (χ2n) is 6.28. The van der Waals surface area contributed by atoms with Crippen LogP contribution in [0.2, 0.25) is 5.02 Å². The molecule has 1 atom stereocenters. The second-order valence-corrected chi connectivity index (χ2v) is 6.69. The summed E-state index contributed by atoms with van der Waals surface area (Å²) in [6, 6.07) is 11.0. The summed E-state index contributed by atoms with van der Waals surface area (Å²) in [4.78, 5) is 4.14. The van der Waals surface area contributed by atoms with Gasteiger partial charge in [-0.25, -0.2) is 9.37 Å². The van der Waals surface area contributed by atoms with Crippen LogP contribution in [0.4, 0.5) is 4.39 Å². The number of nitrogens with zero attached hydrogens (tertiary/aromatic N) is 2. The van der Waals surface area contributed by atoms with E-state index in [1.54, 1.807) is 24.7 Å². The molecule has 0 spiro atoms. The Labute approximate surface area is 145 Å². The van der Waals surface area contributed by atoms with Crippen molar-refractivity contribution in [3.63, 3.8) is 0 Å². The van der Waals surface area contributed by atoms with Crippen LogP contribution in [0.1, 0.15) is 41.1 Å². The summed E-state index contributed by atoms with van der Waals surface area (Å²) < 4.78 is 16.5. The molecule has 0 N–H and O–H groups in total. The van der Waals surface area contributed by atoms with Gasteiger partial charge in [-0.1, -0.05) is 35.9 Å². The molecular weight excluding hydrogens is 323 g/mol. The smallest absolute Gasteiger partial charge is 0.130 e. The molecule has 24 heavy (non-hydrogen) atoms. The summed E-state index contributed by atoms with van der Waals surface area (Å²) in [6.45, 7) is 0. The molecule has 0 bridgehead atoms. The Morgan fingerprint density at radius 2 is 1.92 bits per heavy atom. The van der Waals surface area contributed by atoms with Gasteiger partial charge < -0.3 is 4.57 Å². The maximum absolute atomic E-state index is 14.6. The van der Waals surface area contributed by atoms with Gasteiger partial charge in [0.05, 0.1) is 12.4 Å². The van der Waals surface area contributed by atoms with Crippen molar-refractivity contribution in [2.45, 2.75) is 31.7 Å². The van der Waals surface area contributed by atoms with Crippen LogP contribution in [0.25, 0.3) is 0 Å². The summed E-state index contributed by atoms with van der Waals surface area (Å²) in [6.07, 6.45) is 9.96. The number of hydrogen-bond acceptors (Lipinski definition) is 1. The predicted molar refractivity (Wildman–Crippen MR) is 94.0 cm³/mol. The Bertz CT molecular complexity index is 838. The van der Waals surface area contributed by atoms with Gasteiger partial charge in [0.1, 0.15) is 5.82 Å². The Hall–Kier alpha value is -2.13. The number of aryl methyl sites for hydroxylation is 2. The van der Waals surface area contributed by atoms with Crippen LogP contribution >= 0.6 is 11.6 Å². The van der Waals surface area contributed by atoms with Crippen molar-refractivity contribution >= 4 is 11.6 Å². The lowest BCUT2D eigenvalue weighted by atomic mass is 9.87. The maximum Gasteiger partial charge on any atom is 0.130 e. The van der Waals surface area contributed by atoms with Gasteiger partial charge in [0.25, 0.3) is 0 Å². The molecule has 1 aliphatic rings. The van der Waals surface area contributed by atoms with Gasteiger partial charge in [-0.05, 0) is 54.5 Å². The standard InChI is InChI=1S/C20H18ClFN2/c21-17-6-3-7-18(22)19(17)20(24-11-10-23-13-24)16-9-8-14-4-1-2-5-15(14)12-16/h3,6-13,20H,1-2,4-5H2. The molecule has 0 saturated heterocycles. The Morgan fingerprint density at radius 3 is 2.67 bits per heavy atom. The molecule has 3 aromatic rings. The average molecular weight is 341 g/mol. The minimum absolute atomic E-state index is 0.293. The van der Waals surface area contributed by atoms with Gasteiger partial charge in [0.15, 0.2) is 0 Å². The summed E-state index contributed by atoms with van der Waals surface area (Å²) in [5.41, 5.74) is 4.32. The first-order chi connectivity index (χ1) is 11.7. The normalized spacial score (nSPS) is 15.1. The van der Waals surface area contributed by atoms with E-state index in [4.69, 9.17) is 11.6 Å². The third kappa shape index (κ3) is 2.73. The number of halogens is 2. The molecule has 1 aliphatic carbocycles. The lowest BCUT2D eigenvalue weighted by Crippen LogP contribution is -2.14. The van der Waals surface area contributed by atoms with Crippen LogP contribution in [-0.2, 0) is 12.8 Å². The van der Waals surface area contributed by atoms with E-state index < -0.39 is 0 Å². The molecule has 0 radical (unpaired) electrons. The van der Waals surface area contributed by atoms with Crippen molar-refractivity contribution in [3.8, 4) is 0 Å².